The maximum atomic E-state index is 10.3. The molecule has 0 bridgehead atoms. The van der Waals surface area contributed by atoms with Gasteiger partial charge in [0.05, 0.1) is 13.2 Å². The zero-order valence-electron chi connectivity index (χ0n) is 11.0. The van der Waals surface area contributed by atoms with Crippen LogP contribution in [-0.2, 0) is 0 Å². The molecule has 1 aliphatic rings. The van der Waals surface area contributed by atoms with E-state index in [4.69, 9.17) is 21.1 Å². The Hall–Kier alpha value is -1.71. The molecular formula is C16H15ClO3. The molecule has 3 nitrogen and oxygen atoms in total. The minimum atomic E-state index is -0.590. The van der Waals surface area contributed by atoms with Crippen LogP contribution < -0.4 is 9.47 Å². The Kier molecular flexibility index (Phi) is 3.55. The van der Waals surface area contributed by atoms with Gasteiger partial charge in [-0.1, -0.05) is 29.8 Å². The summed E-state index contributed by atoms with van der Waals surface area (Å²) in [5, 5.41) is 10.9. The number of hydrogen-bond acceptors (Lipinski definition) is 3. The molecule has 20 heavy (non-hydrogen) atoms. The Morgan fingerprint density at radius 1 is 1.20 bits per heavy atom. The Morgan fingerprint density at radius 2 is 2.00 bits per heavy atom. The highest BCUT2D eigenvalue weighted by Crippen LogP contribution is 2.43. The maximum absolute atomic E-state index is 10.3. The van der Waals surface area contributed by atoms with E-state index >= 15 is 0 Å². The summed E-state index contributed by atoms with van der Waals surface area (Å²) in [7, 11) is 1.63. The topological polar surface area (TPSA) is 38.7 Å². The first-order chi connectivity index (χ1) is 9.69. The van der Waals surface area contributed by atoms with Gasteiger partial charge in [0.25, 0.3) is 0 Å². The molecular weight excluding hydrogens is 276 g/mol. The molecule has 0 aliphatic carbocycles. The van der Waals surface area contributed by atoms with Gasteiger partial charge >= 0.3 is 0 Å². The molecule has 0 saturated carbocycles. The van der Waals surface area contributed by atoms with Crippen molar-refractivity contribution in [2.24, 2.45) is 0 Å². The number of benzene rings is 2. The van der Waals surface area contributed by atoms with E-state index in [9.17, 15) is 5.11 Å². The first kappa shape index (κ1) is 13.3. The van der Waals surface area contributed by atoms with Gasteiger partial charge in [-0.2, -0.15) is 0 Å². The van der Waals surface area contributed by atoms with Crippen LogP contribution in [0.3, 0.4) is 0 Å². The fraction of sp³-hybridized carbons (Fsp3) is 0.250. The lowest BCUT2D eigenvalue weighted by Crippen LogP contribution is -2.19. The SMILES string of the molecule is COc1ccccc1C1CC(O)c2cc(Cl)ccc2O1. The fourth-order valence-corrected chi connectivity index (χ4v) is 2.72. The molecule has 104 valence electrons. The van der Waals surface area contributed by atoms with Crippen molar-refractivity contribution in [3.05, 3.63) is 58.6 Å². The summed E-state index contributed by atoms with van der Waals surface area (Å²) in [4.78, 5) is 0. The highest BCUT2D eigenvalue weighted by molar-refractivity contribution is 6.30. The van der Waals surface area contributed by atoms with Crippen LogP contribution in [0.5, 0.6) is 11.5 Å². The minimum Gasteiger partial charge on any atom is -0.496 e. The molecule has 2 unspecified atom stereocenters. The summed E-state index contributed by atoms with van der Waals surface area (Å²) in [6.45, 7) is 0. The number of aliphatic hydroxyl groups excluding tert-OH is 1. The second-order valence-corrected chi connectivity index (χ2v) is 5.22. The van der Waals surface area contributed by atoms with Crippen molar-refractivity contribution in [3.8, 4) is 11.5 Å². The van der Waals surface area contributed by atoms with Crippen molar-refractivity contribution < 1.29 is 14.6 Å². The van der Waals surface area contributed by atoms with E-state index in [1.807, 2.05) is 24.3 Å². The molecule has 3 rings (SSSR count). The van der Waals surface area contributed by atoms with E-state index < -0.39 is 6.10 Å². The lowest BCUT2D eigenvalue weighted by Gasteiger charge is -2.30. The van der Waals surface area contributed by atoms with Crippen LogP contribution in [0.4, 0.5) is 0 Å². The van der Waals surface area contributed by atoms with E-state index in [0.717, 1.165) is 16.9 Å². The molecule has 2 aromatic rings. The molecule has 0 saturated heterocycles. The van der Waals surface area contributed by atoms with Crippen molar-refractivity contribution in [1.82, 2.24) is 0 Å². The standard InChI is InChI=1S/C16H15ClO3/c1-19-14-5-3-2-4-11(14)16-9-13(18)12-8-10(17)6-7-15(12)20-16/h2-8,13,16,18H,9H2,1H3. The summed E-state index contributed by atoms with van der Waals surface area (Å²) in [5.74, 6) is 1.44. The van der Waals surface area contributed by atoms with E-state index in [-0.39, 0.29) is 6.10 Å². The van der Waals surface area contributed by atoms with Gasteiger partial charge in [0, 0.05) is 22.6 Å². The summed E-state index contributed by atoms with van der Waals surface area (Å²) in [6, 6.07) is 13.0. The Labute approximate surface area is 122 Å². The molecule has 1 heterocycles. The zero-order valence-corrected chi connectivity index (χ0v) is 11.8. The maximum Gasteiger partial charge on any atom is 0.130 e. The number of hydrogen-bond donors (Lipinski definition) is 1. The first-order valence-electron chi connectivity index (χ1n) is 6.46. The number of fused-ring (bicyclic) bond motifs is 1. The smallest absolute Gasteiger partial charge is 0.130 e. The number of para-hydroxylation sites is 1. The van der Waals surface area contributed by atoms with Gasteiger partial charge < -0.3 is 14.6 Å². The molecule has 0 fully saturated rings. The van der Waals surface area contributed by atoms with E-state index in [2.05, 4.69) is 0 Å². The summed E-state index contributed by atoms with van der Waals surface area (Å²) in [6.07, 6.45) is -0.338. The molecule has 4 heteroatoms. The van der Waals surface area contributed by atoms with Gasteiger partial charge in [-0.3, -0.25) is 0 Å². The predicted molar refractivity (Wildman–Crippen MR) is 77.4 cm³/mol. The van der Waals surface area contributed by atoms with Crippen molar-refractivity contribution in [3.63, 3.8) is 0 Å². The Morgan fingerprint density at radius 3 is 2.80 bits per heavy atom. The largest absolute Gasteiger partial charge is 0.496 e. The van der Waals surface area contributed by atoms with Crippen LogP contribution in [0.1, 0.15) is 29.8 Å². The number of rotatable bonds is 2. The third-order valence-electron chi connectivity index (χ3n) is 3.52. The monoisotopic (exact) mass is 290 g/mol. The highest BCUT2D eigenvalue weighted by atomic mass is 35.5. The zero-order chi connectivity index (χ0) is 14.1. The summed E-state index contributed by atoms with van der Waals surface area (Å²) < 4.78 is 11.3. The van der Waals surface area contributed by atoms with Crippen LogP contribution in [0.2, 0.25) is 5.02 Å². The third kappa shape index (κ3) is 2.35. The van der Waals surface area contributed by atoms with Crippen LogP contribution in [0.15, 0.2) is 42.5 Å². The van der Waals surface area contributed by atoms with Gasteiger partial charge in [-0.05, 0) is 24.3 Å². The number of ether oxygens (including phenoxy) is 2. The normalized spacial score (nSPS) is 20.9. The molecule has 0 aromatic heterocycles. The predicted octanol–water partition coefficient (Wildman–Crippen LogP) is 3.91. The molecule has 0 amide bonds. The van der Waals surface area contributed by atoms with Gasteiger partial charge in [0.2, 0.25) is 0 Å². The van der Waals surface area contributed by atoms with Crippen molar-refractivity contribution >= 4 is 11.6 Å². The number of aliphatic hydroxyl groups is 1. The second-order valence-electron chi connectivity index (χ2n) is 4.78. The lowest BCUT2D eigenvalue weighted by atomic mass is 9.94. The van der Waals surface area contributed by atoms with E-state index in [1.54, 1.807) is 25.3 Å². The van der Waals surface area contributed by atoms with Crippen molar-refractivity contribution in [2.75, 3.05) is 7.11 Å². The average molecular weight is 291 g/mol. The minimum absolute atomic E-state index is 0.227. The van der Waals surface area contributed by atoms with Crippen LogP contribution in [0, 0.1) is 0 Å². The molecule has 0 radical (unpaired) electrons. The quantitative estimate of drug-likeness (QED) is 0.911. The van der Waals surface area contributed by atoms with Gasteiger partial charge in [0.15, 0.2) is 0 Å². The molecule has 0 spiro atoms. The second kappa shape index (κ2) is 5.35. The Bertz CT molecular complexity index is 627. The highest BCUT2D eigenvalue weighted by Gasteiger charge is 2.29. The van der Waals surface area contributed by atoms with Crippen LogP contribution in [0.25, 0.3) is 0 Å². The van der Waals surface area contributed by atoms with Crippen molar-refractivity contribution in [2.45, 2.75) is 18.6 Å². The first-order valence-corrected chi connectivity index (χ1v) is 6.84. The third-order valence-corrected chi connectivity index (χ3v) is 3.76. The van der Waals surface area contributed by atoms with Gasteiger partial charge in [-0.15, -0.1) is 0 Å². The summed E-state index contributed by atoms with van der Waals surface area (Å²) >= 11 is 5.96. The van der Waals surface area contributed by atoms with Crippen LogP contribution in [-0.4, -0.2) is 12.2 Å². The van der Waals surface area contributed by atoms with Crippen LogP contribution >= 0.6 is 11.6 Å². The number of methoxy groups -OCH3 is 1. The summed E-state index contributed by atoms with van der Waals surface area (Å²) in [5.41, 5.74) is 1.68. The molecule has 1 N–H and O–H groups in total. The van der Waals surface area contributed by atoms with Gasteiger partial charge in [0.1, 0.15) is 17.6 Å². The fourth-order valence-electron chi connectivity index (χ4n) is 2.54. The van der Waals surface area contributed by atoms with E-state index in [1.165, 1.54) is 0 Å². The molecule has 2 aromatic carbocycles. The molecule has 1 aliphatic heterocycles. The van der Waals surface area contributed by atoms with Gasteiger partial charge in [-0.25, -0.2) is 0 Å². The Balaban J connectivity index is 1.97. The molecule has 2 atom stereocenters. The van der Waals surface area contributed by atoms with Crippen molar-refractivity contribution in [1.29, 1.82) is 0 Å². The number of halogens is 1. The lowest BCUT2D eigenvalue weighted by molar-refractivity contribution is 0.0645. The van der Waals surface area contributed by atoms with E-state index in [0.29, 0.717) is 17.2 Å². The average Bonchev–Trinajstić information content (AvgIpc) is 2.47.